The number of H-pyrrole nitrogens is 1. The fourth-order valence-corrected chi connectivity index (χ4v) is 3.93. The number of amides is 2. The van der Waals surface area contributed by atoms with E-state index in [1.54, 1.807) is 0 Å². The summed E-state index contributed by atoms with van der Waals surface area (Å²) in [6.45, 7) is 3.53. The third-order valence-corrected chi connectivity index (χ3v) is 5.63. The molecule has 6 nitrogen and oxygen atoms in total. The van der Waals surface area contributed by atoms with E-state index in [1.807, 2.05) is 72.9 Å². The van der Waals surface area contributed by atoms with E-state index >= 15 is 0 Å². The molecule has 1 aromatic heterocycles. The maximum Gasteiger partial charge on any atom is 0.247 e. The SMILES string of the molecule is CC(=O)NC(Cc1c[nH]c2ccccc12)C(=O)Nc1ccc(NC(C)c2ccccc2)cc1. The quantitative estimate of drug-likeness (QED) is 0.310. The van der Waals surface area contributed by atoms with Crippen LogP contribution >= 0.6 is 0 Å². The molecule has 168 valence electrons. The Labute approximate surface area is 193 Å². The molecular weight excluding hydrogens is 412 g/mol. The van der Waals surface area contributed by atoms with Gasteiger partial charge in [-0.15, -0.1) is 0 Å². The van der Waals surface area contributed by atoms with Gasteiger partial charge < -0.3 is 20.9 Å². The number of carbonyl (C=O) groups is 2. The monoisotopic (exact) mass is 440 g/mol. The first-order chi connectivity index (χ1) is 16.0. The Morgan fingerprint density at radius 1 is 0.879 bits per heavy atom. The highest BCUT2D eigenvalue weighted by Crippen LogP contribution is 2.22. The summed E-state index contributed by atoms with van der Waals surface area (Å²) >= 11 is 0. The highest BCUT2D eigenvalue weighted by Gasteiger charge is 2.21. The molecule has 0 saturated heterocycles. The van der Waals surface area contributed by atoms with Crippen LogP contribution in [0, 0.1) is 0 Å². The minimum atomic E-state index is -0.683. The molecule has 0 saturated carbocycles. The lowest BCUT2D eigenvalue weighted by molar-refractivity contribution is -0.125. The highest BCUT2D eigenvalue weighted by atomic mass is 16.2. The molecule has 0 aliphatic heterocycles. The van der Waals surface area contributed by atoms with Gasteiger partial charge in [0.05, 0.1) is 0 Å². The number of aromatic amines is 1. The van der Waals surface area contributed by atoms with Gasteiger partial charge in [-0.3, -0.25) is 9.59 Å². The summed E-state index contributed by atoms with van der Waals surface area (Å²) in [5.74, 6) is -0.502. The minimum absolute atomic E-state index is 0.159. The van der Waals surface area contributed by atoms with Crippen molar-refractivity contribution in [3.05, 3.63) is 96.2 Å². The van der Waals surface area contributed by atoms with E-state index in [0.717, 1.165) is 22.2 Å². The van der Waals surface area contributed by atoms with E-state index in [4.69, 9.17) is 0 Å². The van der Waals surface area contributed by atoms with Crippen molar-refractivity contribution < 1.29 is 9.59 Å². The number of aromatic nitrogens is 1. The van der Waals surface area contributed by atoms with Gasteiger partial charge >= 0.3 is 0 Å². The van der Waals surface area contributed by atoms with E-state index in [9.17, 15) is 9.59 Å². The van der Waals surface area contributed by atoms with Crippen LogP contribution in [0.25, 0.3) is 10.9 Å². The van der Waals surface area contributed by atoms with Gasteiger partial charge in [0.15, 0.2) is 0 Å². The highest BCUT2D eigenvalue weighted by molar-refractivity contribution is 5.97. The topological polar surface area (TPSA) is 86.0 Å². The predicted molar refractivity (Wildman–Crippen MR) is 133 cm³/mol. The van der Waals surface area contributed by atoms with Crippen LogP contribution in [0.3, 0.4) is 0 Å². The summed E-state index contributed by atoms with van der Waals surface area (Å²) in [4.78, 5) is 28.0. The van der Waals surface area contributed by atoms with Gasteiger partial charge in [0.25, 0.3) is 0 Å². The zero-order valence-corrected chi connectivity index (χ0v) is 18.8. The number of para-hydroxylation sites is 1. The molecule has 2 unspecified atom stereocenters. The van der Waals surface area contributed by atoms with E-state index in [1.165, 1.54) is 12.5 Å². The van der Waals surface area contributed by atoms with Gasteiger partial charge in [0.2, 0.25) is 11.8 Å². The second kappa shape index (κ2) is 10.0. The maximum atomic E-state index is 13.0. The van der Waals surface area contributed by atoms with E-state index in [0.29, 0.717) is 12.1 Å². The van der Waals surface area contributed by atoms with Crippen LogP contribution in [0.2, 0.25) is 0 Å². The number of hydrogen-bond donors (Lipinski definition) is 4. The largest absolute Gasteiger partial charge is 0.379 e. The average molecular weight is 441 g/mol. The maximum absolute atomic E-state index is 13.0. The minimum Gasteiger partial charge on any atom is -0.379 e. The second-order valence-corrected chi connectivity index (χ2v) is 8.16. The molecule has 2 atom stereocenters. The first kappa shape index (κ1) is 22.1. The van der Waals surface area contributed by atoms with Crippen LogP contribution in [0.5, 0.6) is 0 Å². The van der Waals surface area contributed by atoms with Gasteiger partial charge in [-0.2, -0.15) is 0 Å². The molecule has 3 aromatic carbocycles. The van der Waals surface area contributed by atoms with E-state index in [2.05, 4.69) is 40.0 Å². The Morgan fingerprint density at radius 2 is 1.55 bits per heavy atom. The second-order valence-electron chi connectivity index (χ2n) is 8.16. The zero-order chi connectivity index (χ0) is 23.2. The number of nitrogens with one attached hydrogen (secondary N) is 4. The Morgan fingerprint density at radius 3 is 2.27 bits per heavy atom. The third-order valence-electron chi connectivity index (χ3n) is 5.63. The molecule has 1 heterocycles. The third kappa shape index (κ3) is 5.60. The number of carbonyl (C=O) groups excluding carboxylic acids is 2. The van der Waals surface area contributed by atoms with Crippen molar-refractivity contribution >= 4 is 34.1 Å². The van der Waals surface area contributed by atoms with Gasteiger partial charge in [0.1, 0.15) is 6.04 Å². The van der Waals surface area contributed by atoms with Crippen molar-refractivity contribution in [2.24, 2.45) is 0 Å². The Hall–Kier alpha value is -4.06. The zero-order valence-electron chi connectivity index (χ0n) is 18.8. The Bertz CT molecular complexity index is 1230. The first-order valence-corrected chi connectivity index (χ1v) is 11.0. The summed E-state index contributed by atoms with van der Waals surface area (Å²) in [5, 5.41) is 10.2. The molecule has 0 fully saturated rings. The normalized spacial score (nSPS) is 12.7. The standard InChI is InChI=1S/C27H28N4O2/c1-18(20-8-4-3-5-9-20)29-22-12-14-23(15-13-22)31-27(33)26(30-19(2)32)16-21-17-28-25-11-7-6-10-24(21)25/h3-15,17-18,26,28-29H,16H2,1-2H3,(H,30,32)(H,31,33). The lowest BCUT2D eigenvalue weighted by Crippen LogP contribution is -2.44. The fourth-order valence-electron chi connectivity index (χ4n) is 3.93. The molecule has 2 amide bonds. The number of fused-ring (bicyclic) bond motifs is 1. The number of benzene rings is 3. The average Bonchev–Trinajstić information content (AvgIpc) is 3.23. The predicted octanol–water partition coefficient (Wildman–Crippen LogP) is 5.03. The molecule has 4 rings (SSSR count). The molecule has 0 aliphatic carbocycles. The molecule has 33 heavy (non-hydrogen) atoms. The van der Waals surface area contributed by atoms with Crippen LogP contribution in [-0.2, 0) is 16.0 Å². The van der Waals surface area contributed by atoms with Gasteiger partial charge in [-0.1, -0.05) is 48.5 Å². The molecule has 0 spiro atoms. The molecule has 0 bridgehead atoms. The van der Waals surface area contributed by atoms with E-state index < -0.39 is 6.04 Å². The number of rotatable bonds is 8. The Balaban J connectivity index is 1.42. The summed E-state index contributed by atoms with van der Waals surface area (Å²) in [7, 11) is 0. The molecule has 4 aromatic rings. The van der Waals surface area contributed by atoms with Crippen molar-refractivity contribution in [1.82, 2.24) is 10.3 Å². The van der Waals surface area contributed by atoms with Gasteiger partial charge in [-0.25, -0.2) is 0 Å². The summed E-state index contributed by atoms with van der Waals surface area (Å²) < 4.78 is 0. The molecule has 0 radical (unpaired) electrons. The fraction of sp³-hybridized carbons (Fsp3) is 0.185. The van der Waals surface area contributed by atoms with Gasteiger partial charge in [0, 0.05) is 47.9 Å². The van der Waals surface area contributed by atoms with Crippen LogP contribution < -0.4 is 16.0 Å². The lowest BCUT2D eigenvalue weighted by atomic mass is 10.0. The number of anilines is 2. The Kier molecular flexibility index (Phi) is 6.74. The van der Waals surface area contributed by atoms with Gasteiger partial charge in [-0.05, 0) is 48.4 Å². The van der Waals surface area contributed by atoms with Crippen molar-refractivity contribution in [2.45, 2.75) is 32.4 Å². The van der Waals surface area contributed by atoms with Crippen LogP contribution in [0.1, 0.15) is 31.0 Å². The lowest BCUT2D eigenvalue weighted by Gasteiger charge is -2.18. The number of hydrogen-bond acceptors (Lipinski definition) is 3. The summed E-state index contributed by atoms with van der Waals surface area (Å²) in [6.07, 6.45) is 2.28. The van der Waals surface area contributed by atoms with Crippen LogP contribution in [0.4, 0.5) is 11.4 Å². The van der Waals surface area contributed by atoms with Crippen molar-refractivity contribution in [3.8, 4) is 0 Å². The van der Waals surface area contributed by atoms with Crippen LogP contribution in [-0.4, -0.2) is 22.8 Å². The van der Waals surface area contributed by atoms with Crippen LogP contribution in [0.15, 0.2) is 85.1 Å². The van der Waals surface area contributed by atoms with Crippen molar-refractivity contribution in [3.63, 3.8) is 0 Å². The summed E-state index contributed by atoms with van der Waals surface area (Å²) in [6, 6.07) is 25.2. The van der Waals surface area contributed by atoms with Crippen molar-refractivity contribution in [1.29, 1.82) is 0 Å². The smallest absolute Gasteiger partial charge is 0.247 e. The van der Waals surface area contributed by atoms with E-state index in [-0.39, 0.29) is 17.9 Å². The molecule has 4 N–H and O–H groups in total. The first-order valence-electron chi connectivity index (χ1n) is 11.0. The molecule has 0 aliphatic rings. The molecule has 6 heteroatoms. The molecular formula is C27H28N4O2. The summed E-state index contributed by atoms with van der Waals surface area (Å²) in [5.41, 5.74) is 4.82. The van der Waals surface area contributed by atoms with Crippen molar-refractivity contribution in [2.75, 3.05) is 10.6 Å².